The van der Waals surface area contributed by atoms with E-state index in [1.807, 2.05) is 38.1 Å². The van der Waals surface area contributed by atoms with Gasteiger partial charge in [0, 0.05) is 22.6 Å². The minimum atomic E-state index is -0.471. The van der Waals surface area contributed by atoms with E-state index in [1.165, 1.54) is 17.5 Å². The smallest absolute Gasteiger partial charge is 0.341 e. The van der Waals surface area contributed by atoms with E-state index in [0.29, 0.717) is 20.3 Å². The summed E-state index contributed by atoms with van der Waals surface area (Å²) in [5, 5.41) is 15.5. The van der Waals surface area contributed by atoms with E-state index in [-0.39, 0.29) is 18.3 Å². The first-order chi connectivity index (χ1) is 14.4. The molecule has 0 fully saturated rings. The van der Waals surface area contributed by atoms with E-state index >= 15 is 0 Å². The third kappa shape index (κ3) is 5.01. The fourth-order valence-electron chi connectivity index (χ4n) is 2.93. The maximum Gasteiger partial charge on any atom is 0.341 e. The molecule has 1 N–H and O–H groups in total. The molecule has 0 spiro atoms. The number of carbonyl (C=O) groups is 2. The van der Waals surface area contributed by atoms with Gasteiger partial charge in [0.15, 0.2) is 6.20 Å². The molecule has 1 aromatic carbocycles. The molecule has 1 amide bonds. The van der Waals surface area contributed by atoms with Crippen LogP contribution >= 0.6 is 23.1 Å². The molecule has 30 heavy (non-hydrogen) atoms. The number of esters is 1. The van der Waals surface area contributed by atoms with Crippen LogP contribution in [0.15, 0.2) is 53.7 Å². The summed E-state index contributed by atoms with van der Waals surface area (Å²) in [5.41, 5.74) is 3.14. The fraction of sp³-hybridized carbons (Fsp3) is 0.227. The Morgan fingerprint density at radius 3 is 2.57 bits per heavy atom. The monoisotopic (exact) mass is 442 g/mol. The van der Waals surface area contributed by atoms with Gasteiger partial charge >= 0.3 is 5.97 Å². The van der Waals surface area contributed by atoms with Crippen LogP contribution < -0.4 is 10.0 Å². The Labute approximate surface area is 183 Å². The van der Waals surface area contributed by atoms with Crippen molar-refractivity contribution in [2.45, 2.75) is 25.8 Å². The van der Waals surface area contributed by atoms with Crippen LogP contribution in [0.2, 0.25) is 0 Å². The van der Waals surface area contributed by atoms with Crippen LogP contribution in [-0.4, -0.2) is 24.2 Å². The van der Waals surface area contributed by atoms with E-state index in [1.54, 1.807) is 25.1 Å². The number of thiophene rings is 1. The highest BCUT2D eigenvalue weighted by molar-refractivity contribution is 7.99. The number of ether oxygens (including phenoxy) is 1. The minimum absolute atomic E-state index is 0.0470. The van der Waals surface area contributed by atoms with Gasteiger partial charge in [-0.15, -0.1) is 11.3 Å². The quantitative estimate of drug-likeness (QED) is 0.251. The number of aryl methyl sites for hydroxylation is 2. The Hall–Kier alpha value is -2.84. The van der Waals surface area contributed by atoms with Crippen molar-refractivity contribution in [3.63, 3.8) is 0 Å². The topological polar surface area (TPSA) is 82.3 Å². The summed E-state index contributed by atoms with van der Waals surface area (Å²) in [7, 11) is 0. The van der Waals surface area contributed by atoms with Gasteiger partial charge in [-0.05, 0) is 44.2 Å². The molecule has 2 heterocycles. The lowest BCUT2D eigenvalue weighted by molar-refractivity contribution is -0.645. The zero-order valence-corrected chi connectivity index (χ0v) is 18.6. The maximum absolute atomic E-state index is 12.7. The maximum atomic E-state index is 12.7. The Morgan fingerprint density at radius 1 is 1.17 bits per heavy atom. The standard InChI is InChI=1S/C22H22N2O4S2/c1-4-28-22(26)20-19(16-10-8-14(2)9-11-16)15(3)30-21(20)23-17(25)13-29-18-7-5-6-12-24(18)27/h5-12H,4,13H2,1-3H3,(H,23,25). The fourth-order valence-corrected chi connectivity index (χ4v) is 4.72. The molecule has 156 valence electrons. The number of nitrogens with one attached hydrogen (secondary N) is 1. The third-order valence-electron chi connectivity index (χ3n) is 4.30. The van der Waals surface area contributed by atoms with Gasteiger partial charge in [-0.3, -0.25) is 4.79 Å². The van der Waals surface area contributed by atoms with E-state index in [0.717, 1.165) is 33.3 Å². The summed E-state index contributed by atoms with van der Waals surface area (Å²) in [4.78, 5) is 26.2. The van der Waals surface area contributed by atoms with Crippen molar-refractivity contribution in [3.8, 4) is 11.1 Å². The van der Waals surface area contributed by atoms with Crippen LogP contribution in [0.5, 0.6) is 0 Å². The number of nitrogens with zero attached hydrogens (tertiary/aromatic N) is 1. The molecule has 0 aliphatic carbocycles. The molecular formula is C22H22N2O4S2. The van der Waals surface area contributed by atoms with Crippen LogP contribution in [-0.2, 0) is 9.53 Å². The Bertz CT molecular complexity index is 1060. The average molecular weight is 443 g/mol. The van der Waals surface area contributed by atoms with Crippen molar-refractivity contribution >= 4 is 40.0 Å². The van der Waals surface area contributed by atoms with Crippen LogP contribution in [0, 0.1) is 19.1 Å². The molecular weight excluding hydrogens is 420 g/mol. The first-order valence-electron chi connectivity index (χ1n) is 9.39. The van der Waals surface area contributed by atoms with Gasteiger partial charge in [0.2, 0.25) is 5.91 Å². The van der Waals surface area contributed by atoms with E-state index in [9.17, 15) is 14.8 Å². The summed E-state index contributed by atoms with van der Waals surface area (Å²) in [6.07, 6.45) is 1.38. The van der Waals surface area contributed by atoms with Crippen LogP contribution in [0.3, 0.4) is 0 Å². The van der Waals surface area contributed by atoms with Gasteiger partial charge in [0.1, 0.15) is 10.6 Å². The number of hydrogen-bond acceptors (Lipinski definition) is 6. The second kappa shape index (κ2) is 9.77. The molecule has 2 aromatic heterocycles. The molecule has 3 rings (SSSR count). The van der Waals surface area contributed by atoms with Gasteiger partial charge in [0.25, 0.3) is 5.03 Å². The number of carbonyl (C=O) groups excluding carboxylic acids is 2. The predicted octanol–water partition coefficient (Wildman–Crippen LogP) is 4.57. The number of thioether (sulfide) groups is 1. The number of pyridine rings is 1. The normalized spacial score (nSPS) is 10.6. The van der Waals surface area contributed by atoms with Gasteiger partial charge in [-0.25, -0.2) is 4.79 Å². The number of anilines is 1. The van der Waals surface area contributed by atoms with Crippen molar-refractivity contribution in [1.29, 1.82) is 0 Å². The molecule has 0 saturated carbocycles. The van der Waals surface area contributed by atoms with Gasteiger partial charge in [0.05, 0.1) is 12.4 Å². The number of aromatic nitrogens is 1. The van der Waals surface area contributed by atoms with E-state index in [4.69, 9.17) is 4.74 Å². The Morgan fingerprint density at radius 2 is 1.90 bits per heavy atom. The number of rotatable bonds is 7. The summed E-state index contributed by atoms with van der Waals surface area (Å²) in [5.74, 6) is -0.724. The molecule has 6 nitrogen and oxygen atoms in total. The lowest BCUT2D eigenvalue weighted by Crippen LogP contribution is -2.28. The average Bonchev–Trinajstić information content (AvgIpc) is 3.04. The first-order valence-corrected chi connectivity index (χ1v) is 11.2. The summed E-state index contributed by atoms with van der Waals surface area (Å²) >= 11 is 2.47. The van der Waals surface area contributed by atoms with Crippen molar-refractivity contribution in [3.05, 3.63) is 69.9 Å². The summed E-state index contributed by atoms with van der Waals surface area (Å²) in [6.45, 7) is 5.90. The number of hydrogen-bond donors (Lipinski definition) is 1. The molecule has 0 aliphatic heterocycles. The van der Waals surface area contributed by atoms with Crippen molar-refractivity contribution in [2.24, 2.45) is 0 Å². The van der Waals surface area contributed by atoms with Crippen molar-refractivity contribution < 1.29 is 19.1 Å². The predicted molar refractivity (Wildman–Crippen MR) is 120 cm³/mol. The largest absolute Gasteiger partial charge is 0.618 e. The van der Waals surface area contributed by atoms with E-state index in [2.05, 4.69) is 5.32 Å². The zero-order valence-electron chi connectivity index (χ0n) is 16.9. The van der Waals surface area contributed by atoms with Crippen molar-refractivity contribution in [1.82, 2.24) is 0 Å². The highest BCUT2D eigenvalue weighted by atomic mass is 32.2. The van der Waals surface area contributed by atoms with Gasteiger partial charge < -0.3 is 15.3 Å². The van der Waals surface area contributed by atoms with Crippen LogP contribution in [0.25, 0.3) is 11.1 Å². The highest BCUT2D eigenvalue weighted by Crippen LogP contribution is 2.40. The lowest BCUT2D eigenvalue weighted by atomic mass is 10.0. The second-order valence-corrected chi connectivity index (χ2v) is 8.75. The number of benzene rings is 1. The number of amides is 1. The summed E-state index contributed by atoms with van der Waals surface area (Å²) in [6, 6.07) is 12.9. The molecule has 0 unspecified atom stereocenters. The second-order valence-electron chi connectivity index (χ2n) is 6.53. The zero-order chi connectivity index (χ0) is 21.7. The lowest BCUT2D eigenvalue weighted by Gasteiger charge is -2.09. The van der Waals surface area contributed by atoms with Crippen molar-refractivity contribution in [2.75, 3.05) is 17.7 Å². The summed E-state index contributed by atoms with van der Waals surface area (Å²) < 4.78 is 5.98. The molecule has 0 radical (unpaired) electrons. The molecule has 3 aromatic rings. The minimum Gasteiger partial charge on any atom is -0.618 e. The molecule has 0 atom stereocenters. The Kier molecular flexibility index (Phi) is 7.12. The molecule has 0 aliphatic rings. The molecule has 8 heteroatoms. The first kappa shape index (κ1) is 21.9. The molecule has 0 bridgehead atoms. The van der Waals surface area contributed by atoms with Crippen LogP contribution in [0.1, 0.15) is 27.7 Å². The van der Waals surface area contributed by atoms with Crippen LogP contribution in [0.4, 0.5) is 5.00 Å². The highest BCUT2D eigenvalue weighted by Gasteiger charge is 2.25. The van der Waals surface area contributed by atoms with E-state index < -0.39 is 5.97 Å². The molecule has 0 saturated heterocycles. The Balaban J connectivity index is 1.87. The van der Waals surface area contributed by atoms with Gasteiger partial charge in [-0.1, -0.05) is 29.8 Å². The third-order valence-corrected chi connectivity index (χ3v) is 6.34. The SMILES string of the molecule is CCOC(=O)c1c(NC(=O)CSc2cccc[n+]2[O-])sc(C)c1-c1ccc(C)cc1. The van der Waals surface area contributed by atoms with Gasteiger partial charge in [-0.2, -0.15) is 4.73 Å².